The Hall–Kier alpha value is -3.15. The fourth-order valence-corrected chi connectivity index (χ4v) is 9.57. The molecule has 0 heterocycles. The summed E-state index contributed by atoms with van der Waals surface area (Å²) < 4.78 is 16.9. The molecule has 0 aliphatic rings. The molecular weight excluding hydrogens is 937 g/mol. The molecule has 0 aliphatic heterocycles. The van der Waals surface area contributed by atoms with Crippen LogP contribution >= 0.6 is 0 Å². The predicted molar refractivity (Wildman–Crippen MR) is 330 cm³/mol. The van der Waals surface area contributed by atoms with Crippen molar-refractivity contribution in [1.82, 2.24) is 0 Å². The number of carbonyl (C=O) groups is 3. The van der Waals surface area contributed by atoms with Crippen molar-refractivity contribution in [2.45, 2.75) is 341 Å². The van der Waals surface area contributed by atoms with Crippen LogP contribution in [0.15, 0.2) is 72.9 Å². The standard InChI is InChI=1S/C70H124O6/c1-4-7-10-13-16-19-21-23-25-27-29-31-33-34-35-36-38-39-41-43-45-47-49-51-54-57-60-63-69(72)75-66-67(65-74-68(71)62-59-56-53-18-15-12-9-6-3)76-70(73)64-61-58-55-52-50-48-46-44-42-40-37-32-30-28-26-24-22-20-17-14-11-8-5-2/h7,10,16,19,23,25,29,31,34-35,38-39,67H,4-6,8-9,11-15,17-18,20-22,24,26-28,30,32-33,36-37,40-66H2,1-3H3/b10-7-,19-16-,25-23-,31-29-,35-34-,39-38-. The maximum absolute atomic E-state index is 12.9. The lowest BCUT2D eigenvalue weighted by atomic mass is 10.0. The Kier molecular flexibility index (Phi) is 61.7. The summed E-state index contributed by atoms with van der Waals surface area (Å²) in [5.74, 6) is -0.869. The van der Waals surface area contributed by atoms with Gasteiger partial charge in [-0.15, -0.1) is 0 Å². The van der Waals surface area contributed by atoms with E-state index in [4.69, 9.17) is 14.2 Å². The molecular formula is C70H124O6. The summed E-state index contributed by atoms with van der Waals surface area (Å²) in [5, 5.41) is 0. The number of rotatable bonds is 60. The van der Waals surface area contributed by atoms with Gasteiger partial charge in [0.05, 0.1) is 0 Å². The fraction of sp³-hybridized carbons (Fsp3) is 0.786. The molecule has 0 aromatic heterocycles. The van der Waals surface area contributed by atoms with Crippen LogP contribution in [-0.2, 0) is 28.6 Å². The molecule has 0 aliphatic carbocycles. The lowest BCUT2D eigenvalue weighted by molar-refractivity contribution is -0.167. The van der Waals surface area contributed by atoms with Crippen molar-refractivity contribution in [3.63, 3.8) is 0 Å². The molecule has 0 saturated carbocycles. The molecule has 0 rings (SSSR count). The van der Waals surface area contributed by atoms with Gasteiger partial charge in [-0.25, -0.2) is 0 Å². The Morgan fingerprint density at radius 1 is 0.276 bits per heavy atom. The summed E-state index contributed by atoms with van der Waals surface area (Å²) in [4.78, 5) is 38.2. The van der Waals surface area contributed by atoms with Crippen LogP contribution in [0.4, 0.5) is 0 Å². The Morgan fingerprint density at radius 3 is 0.803 bits per heavy atom. The van der Waals surface area contributed by atoms with Gasteiger partial charge >= 0.3 is 17.9 Å². The van der Waals surface area contributed by atoms with Crippen molar-refractivity contribution in [2.75, 3.05) is 13.2 Å². The average molecular weight is 1060 g/mol. The van der Waals surface area contributed by atoms with Gasteiger partial charge in [-0.3, -0.25) is 14.4 Å². The quantitative estimate of drug-likeness (QED) is 0.0261. The Morgan fingerprint density at radius 2 is 0.513 bits per heavy atom. The largest absolute Gasteiger partial charge is 0.462 e. The normalized spacial score (nSPS) is 12.5. The highest BCUT2D eigenvalue weighted by atomic mass is 16.6. The van der Waals surface area contributed by atoms with Gasteiger partial charge in [0.15, 0.2) is 6.10 Å². The van der Waals surface area contributed by atoms with Crippen LogP contribution in [0.3, 0.4) is 0 Å². The number of esters is 3. The van der Waals surface area contributed by atoms with Gasteiger partial charge in [-0.05, 0) is 70.6 Å². The number of unbranched alkanes of at least 4 members (excludes halogenated alkanes) is 37. The molecule has 0 spiro atoms. The van der Waals surface area contributed by atoms with E-state index in [9.17, 15) is 14.4 Å². The van der Waals surface area contributed by atoms with Crippen LogP contribution in [0.1, 0.15) is 335 Å². The highest BCUT2D eigenvalue weighted by Gasteiger charge is 2.19. The summed E-state index contributed by atoms with van der Waals surface area (Å²) in [7, 11) is 0. The van der Waals surface area contributed by atoms with E-state index in [2.05, 4.69) is 93.7 Å². The van der Waals surface area contributed by atoms with Gasteiger partial charge in [0.1, 0.15) is 13.2 Å². The molecule has 0 amide bonds. The van der Waals surface area contributed by atoms with Crippen LogP contribution in [0.2, 0.25) is 0 Å². The van der Waals surface area contributed by atoms with Crippen LogP contribution in [0.5, 0.6) is 0 Å². The van der Waals surface area contributed by atoms with Gasteiger partial charge in [0.25, 0.3) is 0 Å². The smallest absolute Gasteiger partial charge is 0.306 e. The Labute approximate surface area is 472 Å². The SMILES string of the molecule is CC/C=C\C/C=C\C/C=C\C/C=C\C/C=C\C/C=C\CCCCCCCCCCC(=O)OCC(COC(=O)CCCCCCCCCC)OC(=O)CCCCCCCCCCCCCCCCCCCCCCCCC. The summed E-state index contributed by atoms with van der Waals surface area (Å²) in [5.41, 5.74) is 0. The Bertz CT molecular complexity index is 1400. The lowest BCUT2D eigenvalue weighted by Crippen LogP contribution is -2.30. The van der Waals surface area contributed by atoms with Crippen molar-refractivity contribution < 1.29 is 28.6 Å². The number of allylic oxidation sites excluding steroid dienone is 12. The highest BCUT2D eigenvalue weighted by molar-refractivity contribution is 5.71. The van der Waals surface area contributed by atoms with E-state index in [1.807, 2.05) is 0 Å². The first kappa shape index (κ1) is 72.8. The first-order valence-corrected chi connectivity index (χ1v) is 32.9. The maximum Gasteiger partial charge on any atom is 0.306 e. The van der Waals surface area contributed by atoms with Crippen molar-refractivity contribution in [1.29, 1.82) is 0 Å². The molecule has 1 atom stereocenters. The maximum atomic E-state index is 12.9. The topological polar surface area (TPSA) is 78.9 Å². The molecule has 0 fully saturated rings. The van der Waals surface area contributed by atoms with E-state index < -0.39 is 6.10 Å². The molecule has 0 saturated heterocycles. The van der Waals surface area contributed by atoms with E-state index in [0.717, 1.165) is 103 Å². The van der Waals surface area contributed by atoms with Crippen molar-refractivity contribution in [3.8, 4) is 0 Å². The molecule has 0 radical (unpaired) electrons. The van der Waals surface area contributed by atoms with E-state index in [0.29, 0.717) is 19.3 Å². The van der Waals surface area contributed by atoms with Gasteiger partial charge in [-0.2, -0.15) is 0 Å². The van der Waals surface area contributed by atoms with Gasteiger partial charge in [-0.1, -0.05) is 318 Å². The summed E-state index contributed by atoms with van der Waals surface area (Å²) in [6.45, 7) is 6.54. The second-order valence-electron chi connectivity index (χ2n) is 22.0. The number of hydrogen-bond acceptors (Lipinski definition) is 6. The van der Waals surface area contributed by atoms with Crippen molar-refractivity contribution >= 4 is 17.9 Å². The third kappa shape index (κ3) is 61.7. The highest BCUT2D eigenvalue weighted by Crippen LogP contribution is 2.17. The molecule has 0 aromatic carbocycles. The second kappa shape index (κ2) is 64.4. The molecule has 1 unspecified atom stereocenters. The number of hydrogen-bond donors (Lipinski definition) is 0. The summed E-state index contributed by atoms with van der Waals surface area (Å²) in [6, 6.07) is 0. The van der Waals surface area contributed by atoms with E-state index in [1.54, 1.807) is 0 Å². The van der Waals surface area contributed by atoms with E-state index >= 15 is 0 Å². The molecule has 76 heavy (non-hydrogen) atoms. The van der Waals surface area contributed by atoms with E-state index in [1.165, 1.54) is 193 Å². The van der Waals surface area contributed by atoms with Crippen LogP contribution in [0, 0.1) is 0 Å². The molecule has 6 heteroatoms. The first-order chi connectivity index (χ1) is 37.5. The minimum Gasteiger partial charge on any atom is -0.462 e. The van der Waals surface area contributed by atoms with Crippen LogP contribution < -0.4 is 0 Å². The lowest BCUT2D eigenvalue weighted by Gasteiger charge is -2.18. The molecule has 0 bridgehead atoms. The average Bonchev–Trinajstić information content (AvgIpc) is 3.42. The van der Waals surface area contributed by atoms with Crippen LogP contribution in [0.25, 0.3) is 0 Å². The minimum atomic E-state index is -0.775. The summed E-state index contributed by atoms with van der Waals surface area (Å²) >= 11 is 0. The molecule has 0 N–H and O–H groups in total. The van der Waals surface area contributed by atoms with Crippen LogP contribution in [-0.4, -0.2) is 37.2 Å². The molecule has 440 valence electrons. The number of ether oxygens (including phenoxy) is 3. The fourth-order valence-electron chi connectivity index (χ4n) is 9.57. The van der Waals surface area contributed by atoms with E-state index in [-0.39, 0.29) is 31.1 Å². The first-order valence-electron chi connectivity index (χ1n) is 32.9. The van der Waals surface area contributed by atoms with Gasteiger partial charge in [0, 0.05) is 19.3 Å². The third-order valence-electron chi connectivity index (χ3n) is 14.5. The number of carbonyl (C=O) groups excluding carboxylic acids is 3. The van der Waals surface area contributed by atoms with Crippen molar-refractivity contribution in [3.05, 3.63) is 72.9 Å². The summed E-state index contributed by atoms with van der Waals surface area (Å²) in [6.07, 6.45) is 83.6. The zero-order valence-electron chi connectivity index (χ0n) is 50.5. The zero-order chi connectivity index (χ0) is 55.0. The van der Waals surface area contributed by atoms with Gasteiger partial charge < -0.3 is 14.2 Å². The zero-order valence-corrected chi connectivity index (χ0v) is 50.5. The minimum absolute atomic E-state index is 0.0737. The predicted octanol–water partition coefficient (Wildman–Crippen LogP) is 22.5. The second-order valence-corrected chi connectivity index (χ2v) is 22.0. The van der Waals surface area contributed by atoms with Gasteiger partial charge in [0.2, 0.25) is 0 Å². The van der Waals surface area contributed by atoms with Crippen molar-refractivity contribution in [2.24, 2.45) is 0 Å². The monoisotopic (exact) mass is 1060 g/mol. The Balaban J connectivity index is 4.16. The third-order valence-corrected chi connectivity index (χ3v) is 14.5. The molecule has 0 aromatic rings. The molecule has 6 nitrogen and oxygen atoms in total.